The zero-order valence-corrected chi connectivity index (χ0v) is 9.71. The smallest absolute Gasteiger partial charge is 0.123 e. The zero-order chi connectivity index (χ0) is 11.0. The van der Waals surface area contributed by atoms with Crippen molar-refractivity contribution >= 4 is 5.69 Å². The topological polar surface area (TPSA) is 35.2 Å². The van der Waals surface area contributed by atoms with E-state index in [2.05, 4.69) is 6.92 Å². The number of anilines is 1. The van der Waals surface area contributed by atoms with E-state index < -0.39 is 0 Å². The molecule has 0 bridgehead atoms. The molecule has 1 fully saturated rings. The molecule has 82 valence electrons. The van der Waals surface area contributed by atoms with Crippen LogP contribution in [0.15, 0.2) is 12.1 Å². The van der Waals surface area contributed by atoms with Crippen molar-refractivity contribution in [3.63, 3.8) is 0 Å². The molecular formula is C13H19NO. The molecule has 1 aromatic rings. The van der Waals surface area contributed by atoms with E-state index in [4.69, 9.17) is 10.5 Å². The first kappa shape index (κ1) is 10.3. The molecular weight excluding hydrogens is 186 g/mol. The fourth-order valence-electron chi connectivity index (χ4n) is 1.80. The summed E-state index contributed by atoms with van der Waals surface area (Å²) in [6.45, 7) is 6.22. The maximum atomic E-state index is 5.95. The summed E-state index contributed by atoms with van der Waals surface area (Å²) in [7, 11) is 0. The molecule has 1 atom stereocenters. The molecule has 15 heavy (non-hydrogen) atoms. The molecule has 2 N–H and O–H groups in total. The van der Waals surface area contributed by atoms with E-state index in [1.807, 2.05) is 26.0 Å². The lowest BCUT2D eigenvalue weighted by Crippen LogP contribution is -2.14. The molecule has 2 heteroatoms. The highest BCUT2D eigenvalue weighted by Gasteiger charge is 2.29. The first-order chi connectivity index (χ1) is 7.08. The lowest BCUT2D eigenvalue weighted by Gasteiger charge is -2.17. The predicted octanol–water partition coefficient (Wildman–Crippen LogP) is 3.06. The second kappa shape index (κ2) is 3.76. The summed E-state index contributed by atoms with van der Waals surface area (Å²) >= 11 is 0. The minimum Gasteiger partial charge on any atom is -0.490 e. The number of nitrogen functional groups attached to an aromatic ring is 1. The summed E-state index contributed by atoms with van der Waals surface area (Å²) in [6, 6.07) is 4.04. The van der Waals surface area contributed by atoms with E-state index in [1.165, 1.54) is 12.8 Å². The maximum absolute atomic E-state index is 5.95. The molecule has 0 spiro atoms. The van der Waals surface area contributed by atoms with Crippen LogP contribution < -0.4 is 10.5 Å². The molecule has 2 nitrogen and oxygen atoms in total. The van der Waals surface area contributed by atoms with Gasteiger partial charge in [0.1, 0.15) is 5.75 Å². The molecule has 1 saturated carbocycles. The van der Waals surface area contributed by atoms with Crippen LogP contribution in [-0.4, -0.2) is 6.10 Å². The number of hydrogen-bond acceptors (Lipinski definition) is 2. The van der Waals surface area contributed by atoms with Gasteiger partial charge >= 0.3 is 0 Å². The maximum Gasteiger partial charge on any atom is 0.123 e. The Kier molecular flexibility index (Phi) is 2.59. The van der Waals surface area contributed by atoms with E-state index in [1.54, 1.807) is 0 Å². The van der Waals surface area contributed by atoms with Crippen LogP contribution in [0.5, 0.6) is 5.75 Å². The van der Waals surface area contributed by atoms with Crippen LogP contribution in [0, 0.1) is 19.8 Å². The Morgan fingerprint density at radius 2 is 1.93 bits per heavy atom. The standard InChI is InChI=1S/C13H19NO/c1-8-7-13(9(2)6-12(8)14)15-10(3)11-4-5-11/h6-7,10-11H,4-5,14H2,1-3H3. The lowest BCUT2D eigenvalue weighted by atomic mass is 10.1. The van der Waals surface area contributed by atoms with E-state index in [9.17, 15) is 0 Å². The molecule has 1 aliphatic carbocycles. The van der Waals surface area contributed by atoms with Gasteiger partial charge in [-0.3, -0.25) is 0 Å². The summed E-state index contributed by atoms with van der Waals surface area (Å²) in [6.07, 6.45) is 2.97. The van der Waals surface area contributed by atoms with E-state index >= 15 is 0 Å². The first-order valence-corrected chi connectivity index (χ1v) is 5.61. The molecule has 1 aromatic carbocycles. The molecule has 0 radical (unpaired) electrons. The van der Waals surface area contributed by atoms with Gasteiger partial charge in [-0.15, -0.1) is 0 Å². The minimum atomic E-state index is 0.340. The van der Waals surface area contributed by atoms with Crippen molar-refractivity contribution in [1.82, 2.24) is 0 Å². The molecule has 1 aliphatic rings. The van der Waals surface area contributed by atoms with Gasteiger partial charge in [0.05, 0.1) is 6.10 Å². The van der Waals surface area contributed by atoms with Crippen molar-refractivity contribution < 1.29 is 4.74 Å². The van der Waals surface area contributed by atoms with Crippen LogP contribution in [0.3, 0.4) is 0 Å². The van der Waals surface area contributed by atoms with Crippen molar-refractivity contribution in [2.45, 2.75) is 39.7 Å². The summed E-state index contributed by atoms with van der Waals surface area (Å²) in [5.74, 6) is 1.75. The quantitative estimate of drug-likeness (QED) is 0.770. The van der Waals surface area contributed by atoms with Crippen LogP contribution in [0.4, 0.5) is 5.69 Å². The van der Waals surface area contributed by atoms with Crippen molar-refractivity contribution in [2.75, 3.05) is 5.73 Å². The van der Waals surface area contributed by atoms with E-state index in [0.29, 0.717) is 6.10 Å². The second-order valence-corrected chi connectivity index (χ2v) is 4.63. The normalized spacial score (nSPS) is 17.5. The largest absolute Gasteiger partial charge is 0.490 e. The summed E-state index contributed by atoms with van der Waals surface area (Å²) in [5.41, 5.74) is 8.91. The molecule has 1 unspecified atom stereocenters. The van der Waals surface area contributed by atoms with Crippen molar-refractivity contribution in [3.8, 4) is 5.75 Å². The Morgan fingerprint density at radius 1 is 1.27 bits per heavy atom. The number of nitrogens with two attached hydrogens (primary N) is 1. The average Bonchev–Trinajstić information content (AvgIpc) is 2.97. The number of hydrogen-bond donors (Lipinski definition) is 1. The second-order valence-electron chi connectivity index (χ2n) is 4.63. The highest BCUT2D eigenvalue weighted by Crippen LogP contribution is 2.35. The fourth-order valence-corrected chi connectivity index (χ4v) is 1.80. The van der Waals surface area contributed by atoms with Crippen LogP contribution >= 0.6 is 0 Å². The number of rotatable bonds is 3. The Hall–Kier alpha value is -1.18. The molecule has 2 rings (SSSR count). The van der Waals surface area contributed by atoms with Gasteiger partial charge in [0.15, 0.2) is 0 Å². The van der Waals surface area contributed by atoms with Gasteiger partial charge in [0, 0.05) is 5.69 Å². The predicted molar refractivity (Wildman–Crippen MR) is 63.1 cm³/mol. The van der Waals surface area contributed by atoms with Gasteiger partial charge in [-0.2, -0.15) is 0 Å². The number of benzene rings is 1. The number of ether oxygens (including phenoxy) is 1. The Bertz CT molecular complexity index is 369. The summed E-state index contributed by atoms with van der Waals surface area (Å²) in [4.78, 5) is 0. The van der Waals surface area contributed by atoms with Gasteiger partial charge in [-0.1, -0.05) is 0 Å². The highest BCUT2D eigenvalue weighted by atomic mass is 16.5. The zero-order valence-electron chi connectivity index (χ0n) is 9.71. The van der Waals surface area contributed by atoms with Gasteiger partial charge in [0.2, 0.25) is 0 Å². The lowest BCUT2D eigenvalue weighted by molar-refractivity contribution is 0.196. The van der Waals surface area contributed by atoms with Crippen molar-refractivity contribution in [1.29, 1.82) is 0 Å². The SMILES string of the molecule is Cc1cc(OC(C)C2CC2)c(C)cc1N. The molecule has 0 aromatic heterocycles. The monoisotopic (exact) mass is 205 g/mol. The van der Waals surface area contributed by atoms with Crippen LogP contribution in [0.1, 0.15) is 30.9 Å². The third-order valence-electron chi connectivity index (χ3n) is 3.16. The number of aryl methyl sites for hydroxylation is 2. The van der Waals surface area contributed by atoms with Crippen LogP contribution in [0.25, 0.3) is 0 Å². The summed E-state index contributed by atoms with van der Waals surface area (Å²) < 4.78 is 5.95. The molecule has 0 saturated heterocycles. The van der Waals surface area contributed by atoms with E-state index in [-0.39, 0.29) is 0 Å². The van der Waals surface area contributed by atoms with Gasteiger partial charge in [-0.05, 0) is 62.8 Å². The molecule has 0 amide bonds. The molecule has 0 heterocycles. The highest BCUT2D eigenvalue weighted by molar-refractivity contribution is 5.53. The molecule has 0 aliphatic heterocycles. The van der Waals surface area contributed by atoms with Crippen molar-refractivity contribution in [3.05, 3.63) is 23.3 Å². The third kappa shape index (κ3) is 2.25. The van der Waals surface area contributed by atoms with E-state index in [0.717, 1.165) is 28.5 Å². The Labute approximate surface area is 91.4 Å². The Balaban J connectivity index is 2.16. The average molecular weight is 205 g/mol. The first-order valence-electron chi connectivity index (χ1n) is 5.61. The third-order valence-corrected chi connectivity index (χ3v) is 3.16. The van der Waals surface area contributed by atoms with Gasteiger partial charge < -0.3 is 10.5 Å². The van der Waals surface area contributed by atoms with Gasteiger partial charge in [0.25, 0.3) is 0 Å². The summed E-state index contributed by atoms with van der Waals surface area (Å²) in [5, 5.41) is 0. The Morgan fingerprint density at radius 3 is 2.53 bits per heavy atom. The fraction of sp³-hybridized carbons (Fsp3) is 0.538. The van der Waals surface area contributed by atoms with Crippen LogP contribution in [-0.2, 0) is 0 Å². The van der Waals surface area contributed by atoms with Gasteiger partial charge in [-0.25, -0.2) is 0 Å². The van der Waals surface area contributed by atoms with Crippen molar-refractivity contribution in [2.24, 2.45) is 5.92 Å². The minimum absolute atomic E-state index is 0.340. The van der Waals surface area contributed by atoms with Crippen LogP contribution in [0.2, 0.25) is 0 Å².